The van der Waals surface area contributed by atoms with Gasteiger partial charge in [-0.1, -0.05) is 0 Å². The number of nitrogens with one attached hydrogen (secondary N) is 2. The molecule has 0 heterocycles. The van der Waals surface area contributed by atoms with Crippen LogP contribution in [0.2, 0.25) is 0 Å². The van der Waals surface area contributed by atoms with Crippen molar-refractivity contribution >= 4 is 17.8 Å². The average molecular weight is 495 g/mol. The first-order chi connectivity index (χ1) is 17.4. The van der Waals surface area contributed by atoms with Gasteiger partial charge in [-0.05, 0) is 99.4 Å². The maximum atomic E-state index is 12.6. The van der Waals surface area contributed by atoms with Gasteiger partial charge in [0.05, 0.1) is 18.6 Å². The second-order valence-corrected chi connectivity index (χ2v) is 9.43. The van der Waals surface area contributed by atoms with E-state index in [0.717, 1.165) is 24.2 Å². The van der Waals surface area contributed by atoms with Crippen molar-refractivity contribution < 1.29 is 29.0 Å². The molecule has 0 atom stereocenters. The van der Waals surface area contributed by atoms with Crippen molar-refractivity contribution in [3.8, 4) is 11.5 Å². The molecule has 2 aliphatic rings. The second-order valence-electron chi connectivity index (χ2n) is 9.43. The highest BCUT2D eigenvalue weighted by molar-refractivity contribution is 5.95. The summed E-state index contributed by atoms with van der Waals surface area (Å²) in [4.78, 5) is 36.1. The summed E-state index contributed by atoms with van der Waals surface area (Å²) in [5.41, 5.74) is 2.20. The first-order valence-electron chi connectivity index (χ1n) is 12.8. The van der Waals surface area contributed by atoms with Crippen molar-refractivity contribution in [3.63, 3.8) is 0 Å². The summed E-state index contributed by atoms with van der Waals surface area (Å²) < 4.78 is 11.6. The van der Waals surface area contributed by atoms with Crippen LogP contribution in [-0.2, 0) is 4.79 Å². The Balaban J connectivity index is 1.19. The number of carboxylic acids is 1. The molecule has 2 fully saturated rings. The third kappa shape index (κ3) is 6.77. The lowest BCUT2D eigenvalue weighted by atomic mass is 9.87. The number of rotatable bonds is 11. The summed E-state index contributed by atoms with van der Waals surface area (Å²) in [6, 6.07) is 12.5. The number of hydrogen-bond acceptors (Lipinski definition) is 5. The normalized spacial score (nSPS) is 19.2. The molecule has 0 radical (unpaired) electrons. The first-order valence-corrected chi connectivity index (χ1v) is 12.8. The van der Waals surface area contributed by atoms with Gasteiger partial charge in [0.25, 0.3) is 11.8 Å². The molecule has 2 amide bonds. The molecule has 0 aromatic heterocycles. The van der Waals surface area contributed by atoms with Crippen molar-refractivity contribution in [2.75, 3.05) is 19.7 Å². The van der Waals surface area contributed by atoms with Gasteiger partial charge in [-0.2, -0.15) is 0 Å². The van der Waals surface area contributed by atoms with Crippen LogP contribution in [0.25, 0.3) is 0 Å². The lowest BCUT2D eigenvalue weighted by Gasteiger charge is -2.26. The van der Waals surface area contributed by atoms with Crippen molar-refractivity contribution in [1.82, 2.24) is 10.6 Å². The number of carbonyl (C=O) groups is 3. The Morgan fingerprint density at radius 3 is 2.06 bits per heavy atom. The predicted molar refractivity (Wildman–Crippen MR) is 135 cm³/mol. The quantitative estimate of drug-likeness (QED) is 0.405. The number of carboxylic acid groups (broad SMARTS) is 1. The molecular weight excluding hydrogens is 460 g/mol. The molecule has 2 saturated carbocycles. The minimum atomic E-state index is -0.734. The van der Waals surface area contributed by atoms with Gasteiger partial charge in [-0.25, -0.2) is 0 Å². The number of ether oxygens (including phenoxy) is 2. The fourth-order valence-corrected chi connectivity index (χ4v) is 4.55. The highest BCUT2D eigenvalue weighted by atomic mass is 16.5. The van der Waals surface area contributed by atoms with Crippen LogP contribution in [-0.4, -0.2) is 48.7 Å². The van der Waals surface area contributed by atoms with Crippen LogP contribution in [0.3, 0.4) is 0 Å². The van der Waals surface area contributed by atoms with Crippen molar-refractivity contribution in [2.45, 2.75) is 57.5 Å². The molecule has 192 valence electrons. The van der Waals surface area contributed by atoms with Crippen molar-refractivity contribution in [3.05, 3.63) is 59.2 Å². The second kappa shape index (κ2) is 11.9. The van der Waals surface area contributed by atoms with Crippen molar-refractivity contribution in [1.29, 1.82) is 0 Å². The Labute approximate surface area is 211 Å². The van der Waals surface area contributed by atoms with Gasteiger partial charge in [0.2, 0.25) is 0 Å². The molecule has 0 aliphatic heterocycles. The van der Waals surface area contributed by atoms with Crippen LogP contribution < -0.4 is 20.1 Å². The third-order valence-electron chi connectivity index (χ3n) is 6.73. The molecule has 8 heteroatoms. The van der Waals surface area contributed by atoms with Crippen LogP contribution in [0.5, 0.6) is 11.5 Å². The molecular formula is C28H34N2O6. The van der Waals surface area contributed by atoms with E-state index in [9.17, 15) is 14.4 Å². The summed E-state index contributed by atoms with van der Waals surface area (Å²) in [5.74, 6) is 0.582. The van der Waals surface area contributed by atoms with E-state index < -0.39 is 5.97 Å². The smallest absolute Gasteiger partial charge is 0.306 e. The van der Waals surface area contributed by atoms with E-state index in [1.165, 1.54) is 0 Å². The molecule has 36 heavy (non-hydrogen) atoms. The van der Waals surface area contributed by atoms with Gasteiger partial charge in [0, 0.05) is 24.2 Å². The number of aliphatic carboxylic acids is 1. The van der Waals surface area contributed by atoms with Gasteiger partial charge in [0.1, 0.15) is 11.5 Å². The van der Waals surface area contributed by atoms with Gasteiger partial charge in [-0.15, -0.1) is 0 Å². The van der Waals surface area contributed by atoms with Crippen LogP contribution in [0.15, 0.2) is 42.5 Å². The highest BCUT2D eigenvalue weighted by Crippen LogP contribution is 2.44. The van der Waals surface area contributed by atoms with Crippen LogP contribution >= 0.6 is 0 Å². The standard InChI is InChI=1S/C28H34N2O6/c1-2-35-25-14-9-21(17-24(25)18-3-4-18)27(32)30-16-15-29-26(31)19-5-10-22(11-6-19)36-23-12-7-20(8-13-23)28(33)34/h5-6,9-11,14,17-18,20,23H,2-4,7-8,12-13,15-16H2,1H3,(H,29,31)(H,30,32)(H,33,34). The Bertz CT molecular complexity index is 1070. The summed E-state index contributed by atoms with van der Waals surface area (Å²) in [5, 5.41) is 14.8. The van der Waals surface area contributed by atoms with Crippen LogP contribution in [0.4, 0.5) is 0 Å². The Morgan fingerprint density at radius 1 is 0.861 bits per heavy atom. The highest BCUT2D eigenvalue weighted by Gasteiger charge is 2.28. The predicted octanol–water partition coefficient (Wildman–Crippen LogP) is 4.14. The van der Waals surface area contributed by atoms with Gasteiger partial charge < -0.3 is 25.2 Å². The zero-order valence-corrected chi connectivity index (χ0v) is 20.6. The number of hydrogen-bond donors (Lipinski definition) is 3. The average Bonchev–Trinajstić information content (AvgIpc) is 3.73. The van der Waals surface area contributed by atoms with E-state index in [1.54, 1.807) is 30.3 Å². The molecule has 2 aliphatic carbocycles. The summed E-state index contributed by atoms with van der Waals surface area (Å²) in [6.07, 6.45) is 4.91. The monoisotopic (exact) mass is 494 g/mol. The topological polar surface area (TPSA) is 114 Å². The number of benzene rings is 2. The SMILES string of the molecule is CCOc1ccc(C(=O)NCCNC(=O)c2ccc(OC3CCC(C(=O)O)CC3)cc2)cc1C1CC1. The third-order valence-corrected chi connectivity index (χ3v) is 6.73. The fourth-order valence-electron chi connectivity index (χ4n) is 4.55. The summed E-state index contributed by atoms with van der Waals surface area (Å²) >= 11 is 0. The van der Waals surface area contributed by atoms with E-state index in [0.29, 0.717) is 68.2 Å². The van der Waals surface area contributed by atoms with Gasteiger partial charge >= 0.3 is 5.97 Å². The number of amides is 2. The molecule has 8 nitrogen and oxygen atoms in total. The minimum Gasteiger partial charge on any atom is -0.494 e. The molecule has 3 N–H and O–H groups in total. The maximum absolute atomic E-state index is 12.6. The largest absolute Gasteiger partial charge is 0.494 e. The zero-order chi connectivity index (χ0) is 25.5. The Kier molecular flexibility index (Phi) is 8.46. The fraction of sp³-hybridized carbons (Fsp3) is 0.464. The van der Waals surface area contributed by atoms with Crippen LogP contribution in [0.1, 0.15) is 77.6 Å². The molecule has 0 saturated heterocycles. The van der Waals surface area contributed by atoms with E-state index in [2.05, 4.69) is 10.6 Å². The molecule has 2 aromatic rings. The lowest BCUT2D eigenvalue weighted by Crippen LogP contribution is -2.34. The lowest BCUT2D eigenvalue weighted by molar-refractivity contribution is -0.143. The van der Waals surface area contributed by atoms with Gasteiger partial charge in [-0.3, -0.25) is 14.4 Å². The Hall–Kier alpha value is -3.55. The Morgan fingerprint density at radius 2 is 1.47 bits per heavy atom. The zero-order valence-electron chi connectivity index (χ0n) is 20.6. The summed E-state index contributed by atoms with van der Waals surface area (Å²) in [6.45, 7) is 3.17. The van der Waals surface area contributed by atoms with Gasteiger partial charge in [0.15, 0.2) is 0 Å². The summed E-state index contributed by atoms with van der Waals surface area (Å²) in [7, 11) is 0. The molecule has 2 aromatic carbocycles. The van der Waals surface area contributed by atoms with Crippen molar-refractivity contribution in [2.24, 2.45) is 5.92 Å². The van der Waals surface area contributed by atoms with E-state index in [4.69, 9.17) is 14.6 Å². The molecule has 0 bridgehead atoms. The maximum Gasteiger partial charge on any atom is 0.306 e. The van der Waals surface area contributed by atoms with Crippen LogP contribution in [0, 0.1) is 5.92 Å². The number of carbonyl (C=O) groups excluding carboxylic acids is 2. The van der Waals surface area contributed by atoms with E-state index >= 15 is 0 Å². The molecule has 0 unspecified atom stereocenters. The van der Waals surface area contributed by atoms with E-state index in [1.807, 2.05) is 19.1 Å². The molecule has 4 rings (SSSR count). The first kappa shape index (κ1) is 25.5. The molecule has 0 spiro atoms. The van der Waals surface area contributed by atoms with E-state index in [-0.39, 0.29) is 23.8 Å². The minimum absolute atomic E-state index is 0.000355.